The second-order valence-electron chi connectivity index (χ2n) is 6.29. The maximum Gasteiger partial charge on any atom is 0.460 e. The molecule has 0 radical (unpaired) electrons. The van der Waals surface area contributed by atoms with Gasteiger partial charge >= 0.3 is 18.0 Å². The van der Waals surface area contributed by atoms with Crippen molar-refractivity contribution in [2.45, 2.75) is 36.8 Å². The van der Waals surface area contributed by atoms with Crippen molar-refractivity contribution in [2.75, 3.05) is 26.2 Å². The van der Waals surface area contributed by atoms with E-state index in [2.05, 4.69) is 18.4 Å². The Labute approximate surface area is 142 Å². The average Bonchev–Trinajstić information content (AvgIpc) is 3.08. The standard InChI is InChI=1S/C13H14F7N3OS/c14-11(15,12(16,17)13(18,19)20)6-24-10-9(21-25-22-10)8-5-23-3-1-2-7(8)4-23/h7-8H,1-6H2. The first kappa shape index (κ1) is 18.6. The van der Waals surface area contributed by atoms with E-state index >= 15 is 0 Å². The summed E-state index contributed by atoms with van der Waals surface area (Å²) in [7, 11) is 0. The molecule has 2 bridgehead atoms. The monoisotopic (exact) mass is 393 g/mol. The Morgan fingerprint density at radius 2 is 1.80 bits per heavy atom. The number of hydrogen-bond donors (Lipinski definition) is 0. The van der Waals surface area contributed by atoms with Crippen LogP contribution in [0.4, 0.5) is 30.7 Å². The number of ether oxygens (including phenoxy) is 1. The fraction of sp³-hybridized carbons (Fsp3) is 0.846. The van der Waals surface area contributed by atoms with E-state index in [0.717, 1.165) is 25.9 Å². The molecule has 25 heavy (non-hydrogen) atoms. The zero-order valence-electron chi connectivity index (χ0n) is 12.7. The number of rotatable bonds is 5. The molecule has 2 saturated heterocycles. The normalized spacial score (nSPS) is 27.6. The van der Waals surface area contributed by atoms with Gasteiger partial charge in [-0.25, -0.2) is 0 Å². The Balaban J connectivity index is 1.72. The molecule has 0 N–H and O–H groups in total. The van der Waals surface area contributed by atoms with Crippen LogP contribution in [0, 0.1) is 5.92 Å². The van der Waals surface area contributed by atoms with E-state index in [0.29, 0.717) is 18.3 Å². The zero-order valence-corrected chi connectivity index (χ0v) is 13.5. The maximum absolute atomic E-state index is 13.4. The lowest BCUT2D eigenvalue weighted by Gasteiger charge is -2.27. The summed E-state index contributed by atoms with van der Waals surface area (Å²) < 4.78 is 101. The Morgan fingerprint density at radius 1 is 1.08 bits per heavy atom. The molecule has 0 amide bonds. The Hall–Kier alpha value is -1.17. The highest BCUT2D eigenvalue weighted by Gasteiger charge is 2.73. The van der Waals surface area contributed by atoms with Crippen LogP contribution in [0.5, 0.6) is 5.88 Å². The molecular weight excluding hydrogens is 379 g/mol. The summed E-state index contributed by atoms with van der Waals surface area (Å²) in [5.74, 6) is -11.9. The third-order valence-electron chi connectivity index (χ3n) is 4.60. The van der Waals surface area contributed by atoms with Gasteiger partial charge in [0.15, 0.2) is 6.61 Å². The first-order chi connectivity index (χ1) is 11.5. The van der Waals surface area contributed by atoms with Crippen LogP contribution in [-0.4, -0.2) is 57.9 Å². The van der Waals surface area contributed by atoms with Crippen LogP contribution in [0.2, 0.25) is 0 Å². The summed E-state index contributed by atoms with van der Waals surface area (Å²) >= 11 is 0.653. The highest BCUT2D eigenvalue weighted by molar-refractivity contribution is 6.99. The molecule has 3 atom stereocenters. The van der Waals surface area contributed by atoms with E-state index in [-0.39, 0.29) is 23.4 Å². The molecule has 2 aliphatic rings. The predicted molar refractivity (Wildman–Crippen MR) is 73.3 cm³/mol. The van der Waals surface area contributed by atoms with Crippen molar-refractivity contribution in [3.8, 4) is 5.88 Å². The summed E-state index contributed by atoms with van der Waals surface area (Å²) in [6, 6.07) is 0. The lowest BCUT2D eigenvalue weighted by atomic mass is 9.89. The predicted octanol–water partition coefficient (Wildman–Crippen LogP) is 3.56. The lowest BCUT2D eigenvalue weighted by Crippen LogP contribution is -2.54. The van der Waals surface area contributed by atoms with Gasteiger partial charge in [0.05, 0.1) is 11.7 Å². The Kier molecular flexibility index (Phi) is 4.63. The highest BCUT2D eigenvalue weighted by atomic mass is 32.1. The van der Waals surface area contributed by atoms with Crippen molar-refractivity contribution in [2.24, 2.45) is 5.92 Å². The average molecular weight is 393 g/mol. The van der Waals surface area contributed by atoms with Crippen molar-refractivity contribution in [3.05, 3.63) is 5.69 Å². The second-order valence-corrected chi connectivity index (χ2v) is 6.82. The highest BCUT2D eigenvalue weighted by Crippen LogP contribution is 2.47. The quantitative estimate of drug-likeness (QED) is 0.718. The number of aromatic nitrogens is 2. The molecule has 2 fully saturated rings. The summed E-state index contributed by atoms with van der Waals surface area (Å²) in [5, 5.41) is 0. The van der Waals surface area contributed by atoms with E-state index in [4.69, 9.17) is 0 Å². The van der Waals surface area contributed by atoms with Crippen LogP contribution in [0.25, 0.3) is 0 Å². The van der Waals surface area contributed by atoms with Crippen LogP contribution in [0.15, 0.2) is 0 Å². The molecule has 142 valence electrons. The van der Waals surface area contributed by atoms with Crippen molar-refractivity contribution < 1.29 is 35.5 Å². The minimum atomic E-state index is -6.38. The molecule has 2 aliphatic heterocycles. The number of alkyl halides is 7. The van der Waals surface area contributed by atoms with E-state index in [1.165, 1.54) is 0 Å². The fourth-order valence-electron chi connectivity index (χ4n) is 3.29. The van der Waals surface area contributed by atoms with Crippen LogP contribution in [-0.2, 0) is 0 Å². The molecule has 4 nitrogen and oxygen atoms in total. The van der Waals surface area contributed by atoms with Gasteiger partial charge in [0.25, 0.3) is 0 Å². The summed E-state index contributed by atoms with van der Waals surface area (Å²) in [5.41, 5.74) is 0.255. The molecule has 0 aliphatic carbocycles. The number of nitrogens with zero attached hydrogens (tertiary/aromatic N) is 3. The van der Waals surface area contributed by atoms with Crippen molar-refractivity contribution >= 4 is 11.7 Å². The molecule has 0 saturated carbocycles. The fourth-order valence-corrected chi connectivity index (χ4v) is 3.86. The molecular formula is C13H14F7N3OS. The molecule has 1 aromatic rings. The molecule has 3 unspecified atom stereocenters. The molecule has 3 rings (SSSR count). The van der Waals surface area contributed by atoms with E-state index in [9.17, 15) is 30.7 Å². The van der Waals surface area contributed by atoms with Gasteiger partial charge in [-0.3, -0.25) is 0 Å². The third-order valence-corrected chi connectivity index (χ3v) is 5.13. The van der Waals surface area contributed by atoms with Crippen molar-refractivity contribution in [1.82, 2.24) is 13.6 Å². The molecule has 0 spiro atoms. The third kappa shape index (κ3) is 3.29. The number of piperidine rings is 1. The number of halogens is 7. The van der Waals surface area contributed by atoms with Crippen LogP contribution in [0.1, 0.15) is 24.5 Å². The summed E-state index contributed by atoms with van der Waals surface area (Å²) in [6.07, 6.45) is -4.50. The minimum absolute atomic E-state index is 0.145. The largest absolute Gasteiger partial charge is 0.469 e. The van der Waals surface area contributed by atoms with Crippen molar-refractivity contribution in [1.29, 1.82) is 0 Å². The van der Waals surface area contributed by atoms with Crippen molar-refractivity contribution in [3.63, 3.8) is 0 Å². The van der Waals surface area contributed by atoms with Crippen LogP contribution >= 0.6 is 11.7 Å². The Morgan fingerprint density at radius 3 is 2.44 bits per heavy atom. The van der Waals surface area contributed by atoms with Gasteiger partial charge in [-0.1, -0.05) is 0 Å². The van der Waals surface area contributed by atoms with Gasteiger partial charge in [-0.15, -0.1) is 4.37 Å². The molecule has 0 aromatic carbocycles. The van der Waals surface area contributed by atoms with E-state index < -0.39 is 24.6 Å². The number of hydrogen-bond acceptors (Lipinski definition) is 5. The molecule has 12 heteroatoms. The van der Waals surface area contributed by atoms with E-state index in [1.807, 2.05) is 0 Å². The smallest absolute Gasteiger partial charge is 0.460 e. The first-order valence-corrected chi connectivity index (χ1v) is 8.26. The van der Waals surface area contributed by atoms with E-state index in [1.54, 1.807) is 0 Å². The molecule has 1 aromatic heterocycles. The van der Waals surface area contributed by atoms with Gasteiger partial charge in [0, 0.05) is 19.0 Å². The lowest BCUT2D eigenvalue weighted by molar-refractivity contribution is -0.358. The van der Waals surface area contributed by atoms with Gasteiger partial charge in [-0.05, 0) is 25.3 Å². The van der Waals surface area contributed by atoms with Gasteiger partial charge in [0.1, 0.15) is 5.69 Å². The zero-order chi connectivity index (χ0) is 18.5. The summed E-state index contributed by atoms with van der Waals surface area (Å²) in [6.45, 7) is 0.196. The van der Waals surface area contributed by atoms with Gasteiger partial charge < -0.3 is 9.64 Å². The molecule has 3 heterocycles. The van der Waals surface area contributed by atoms with Gasteiger partial charge in [-0.2, -0.15) is 35.1 Å². The summed E-state index contributed by atoms with van der Waals surface area (Å²) in [4.78, 5) is 2.16. The Bertz CT molecular complexity index is 621. The minimum Gasteiger partial charge on any atom is -0.469 e. The van der Waals surface area contributed by atoms with Gasteiger partial charge in [0.2, 0.25) is 5.88 Å². The SMILES string of the molecule is FC(F)(F)C(F)(F)C(F)(F)COc1nsnc1C1CN2CCCC1C2. The number of fused-ring (bicyclic) bond motifs is 2. The first-order valence-electron chi connectivity index (χ1n) is 7.53. The van der Waals surface area contributed by atoms with Crippen LogP contribution in [0.3, 0.4) is 0 Å². The topological polar surface area (TPSA) is 38.3 Å². The maximum atomic E-state index is 13.4. The second kappa shape index (κ2) is 6.22. The van der Waals surface area contributed by atoms with Crippen LogP contribution < -0.4 is 4.74 Å².